The average molecular weight is 419 g/mol. The molecule has 0 radical (unpaired) electrons. The summed E-state index contributed by atoms with van der Waals surface area (Å²) in [7, 11) is 0. The molecule has 0 saturated heterocycles. The van der Waals surface area contributed by atoms with Crippen molar-refractivity contribution in [3.8, 4) is 17.1 Å². The summed E-state index contributed by atoms with van der Waals surface area (Å²) in [6.45, 7) is 1.10. The van der Waals surface area contributed by atoms with Gasteiger partial charge in [0.2, 0.25) is 5.91 Å². The van der Waals surface area contributed by atoms with Gasteiger partial charge in [0.25, 0.3) is 5.56 Å². The second-order valence-corrected chi connectivity index (χ2v) is 7.68. The van der Waals surface area contributed by atoms with E-state index in [1.165, 1.54) is 19.3 Å². The summed E-state index contributed by atoms with van der Waals surface area (Å²) in [6, 6.07) is 12.9. The standard InChI is InChI=1S/C23H25N5O3/c29-21(25-14-18-6-1-2-13-24-18)12-11-20-23(30)26-22(28-27-20)17-7-9-19(10-8-17)31-15-16-4-3-5-16/h1-2,6-10,13,16H,3-5,11-12,14-15H2,(H,25,29)(H,26,28,30). The molecule has 0 atom stereocenters. The maximum atomic E-state index is 12.4. The third-order valence-corrected chi connectivity index (χ3v) is 5.38. The van der Waals surface area contributed by atoms with Gasteiger partial charge in [-0.2, -0.15) is 0 Å². The zero-order valence-electron chi connectivity index (χ0n) is 17.2. The summed E-state index contributed by atoms with van der Waals surface area (Å²) >= 11 is 0. The van der Waals surface area contributed by atoms with Crippen molar-refractivity contribution in [2.75, 3.05) is 6.61 Å². The highest BCUT2D eigenvalue weighted by Gasteiger charge is 2.18. The topological polar surface area (TPSA) is 110 Å². The smallest absolute Gasteiger partial charge is 0.273 e. The number of pyridine rings is 1. The number of rotatable bonds is 9. The highest BCUT2D eigenvalue weighted by Crippen LogP contribution is 2.27. The number of carbonyl (C=O) groups excluding carboxylic acids is 1. The summed E-state index contributed by atoms with van der Waals surface area (Å²) in [6.07, 6.45) is 5.82. The number of H-pyrrole nitrogens is 1. The number of hydrogen-bond acceptors (Lipinski definition) is 6. The fourth-order valence-electron chi connectivity index (χ4n) is 3.25. The summed E-state index contributed by atoms with van der Waals surface area (Å²) in [5.41, 5.74) is 1.42. The number of carbonyl (C=O) groups is 1. The molecule has 2 N–H and O–H groups in total. The van der Waals surface area contributed by atoms with Crippen molar-refractivity contribution < 1.29 is 9.53 Å². The van der Waals surface area contributed by atoms with Crippen LogP contribution in [0.4, 0.5) is 0 Å². The second kappa shape index (κ2) is 9.97. The van der Waals surface area contributed by atoms with Crippen molar-refractivity contribution >= 4 is 5.91 Å². The molecule has 1 aromatic carbocycles. The first-order chi connectivity index (χ1) is 15.2. The van der Waals surface area contributed by atoms with Crippen LogP contribution in [0.3, 0.4) is 0 Å². The molecule has 1 amide bonds. The van der Waals surface area contributed by atoms with Crippen LogP contribution in [0.15, 0.2) is 53.5 Å². The van der Waals surface area contributed by atoms with E-state index in [0.717, 1.165) is 23.6 Å². The van der Waals surface area contributed by atoms with Gasteiger partial charge in [0.15, 0.2) is 5.82 Å². The predicted molar refractivity (Wildman–Crippen MR) is 115 cm³/mol. The molecule has 3 aromatic rings. The van der Waals surface area contributed by atoms with Crippen LogP contribution in [0.2, 0.25) is 0 Å². The van der Waals surface area contributed by atoms with Gasteiger partial charge in [-0.3, -0.25) is 14.6 Å². The van der Waals surface area contributed by atoms with Crippen LogP contribution < -0.4 is 15.6 Å². The summed E-state index contributed by atoms with van der Waals surface area (Å²) in [5, 5.41) is 10.9. The van der Waals surface area contributed by atoms with E-state index in [1.54, 1.807) is 6.20 Å². The minimum atomic E-state index is -0.340. The Morgan fingerprint density at radius 3 is 2.65 bits per heavy atom. The minimum absolute atomic E-state index is 0.150. The Labute approximate surface area is 180 Å². The van der Waals surface area contributed by atoms with Gasteiger partial charge in [-0.15, -0.1) is 10.2 Å². The van der Waals surface area contributed by atoms with Crippen molar-refractivity contribution in [1.29, 1.82) is 0 Å². The molecule has 1 saturated carbocycles. The van der Waals surface area contributed by atoms with Crippen LogP contribution in [-0.4, -0.2) is 32.7 Å². The number of ether oxygens (including phenoxy) is 1. The lowest BCUT2D eigenvalue weighted by atomic mass is 9.86. The Balaban J connectivity index is 1.29. The van der Waals surface area contributed by atoms with Crippen LogP contribution in [0.5, 0.6) is 5.75 Å². The maximum absolute atomic E-state index is 12.4. The predicted octanol–water partition coefficient (Wildman–Crippen LogP) is 2.65. The molecule has 160 valence electrons. The van der Waals surface area contributed by atoms with Gasteiger partial charge in [-0.05, 0) is 55.2 Å². The fraction of sp³-hybridized carbons (Fsp3) is 0.348. The van der Waals surface area contributed by atoms with E-state index in [4.69, 9.17) is 4.74 Å². The Bertz CT molecular complexity index is 1060. The minimum Gasteiger partial charge on any atom is -0.493 e. The van der Waals surface area contributed by atoms with Gasteiger partial charge in [-0.1, -0.05) is 12.5 Å². The van der Waals surface area contributed by atoms with Gasteiger partial charge < -0.3 is 15.0 Å². The quantitative estimate of drug-likeness (QED) is 0.552. The van der Waals surface area contributed by atoms with Crippen LogP contribution in [0, 0.1) is 5.92 Å². The van der Waals surface area contributed by atoms with Crippen molar-refractivity contribution in [3.63, 3.8) is 0 Å². The van der Waals surface area contributed by atoms with Crippen molar-refractivity contribution in [3.05, 3.63) is 70.4 Å². The zero-order chi connectivity index (χ0) is 21.5. The number of benzene rings is 1. The largest absolute Gasteiger partial charge is 0.493 e. The Kier molecular flexibility index (Phi) is 6.66. The Hall–Kier alpha value is -3.55. The van der Waals surface area contributed by atoms with Crippen LogP contribution in [-0.2, 0) is 17.8 Å². The third-order valence-electron chi connectivity index (χ3n) is 5.38. The summed E-state index contributed by atoms with van der Waals surface area (Å²) in [4.78, 5) is 31.3. The molecule has 0 spiro atoms. The number of aromatic amines is 1. The van der Waals surface area contributed by atoms with E-state index in [2.05, 4.69) is 25.5 Å². The molecule has 8 heteroatoms. The lowest BCUT2D eigenvalue weighted by Crippen LogP contribution is -2.25. The number of amides is 1. The van der Waals surface area contributed by atoms with Gasteiger partial charge in [0.05, 0.1) is 18.8 Å². The number of nitrogens with zero attached hydrogens (tertiary/aromatic N) is 3. The van der Waals surface area contributed by atoms with Crippen molar-refractivity contribution in [2.45, 2.75) is 38.6 Å². The highest BCUT2D eigenvalue weighted by molar-refractivity contribution is 5.76. The lowest BCUT2D eigenvalue weighted by molar-refractivity contribution is -0.121. The maximum Gasteiger partial charge on any atom is 0.273 e. The molecule has 4 rings (SSSR count). The SMILES string of the molecule is O=C(CCc1nnc(-c2ccc(OCC3CCC3)cc2)[nH]c1=O)NCc1ccccn1. The monoisotopic (exact) mass is 419 g/mol. The first-order valence-electron chi connectivity index (χ1n) is 10.5. The van der Waals surface area contributed by atoms with Gasteiger partial charge in [-0.25, -0.2) is 0 Å². The zero-order valence-corrected chi connectivity index (χ0v) is 17.2. The van der Waals surface area contributed by atoms with Crippen LogP contribution in [0.25, 0.3) is 11.4 Å². The normalized spacial score (nSPS) is 13.4. The first-order valence-corrected chi connectivity index (χ1v) is 10.5. The third kappa shape index (κ3) is 5.75. The highest BCUT2D eigenvalue weighted by atomic mass is 16.5. The fourth-order valence-corrected chi connectivity index (χ4v) is 3.25. The average Bonchev–Trinajstić information content (AvgIpc) is 2.77. The van der Waals surface area contributed by atoms with Gasteiger partial charge in [0.1, 0.15) is 11.4 Å². The molecule has 0 unspecified atom stereocenters. The van der Waals surface area contributed by atoms with E-state index >= 15 is 0 Å². The number of aryl methyl sites for hydroxylation is 1. The molecular weight excluding hydrogens is 394 g/mol. The van der Waals surface area contributed by atoms with E-state index in [-0.39, 0.29) is 30.0 Å². The van der Waals surface area contributed by atoms with Gasteiger partial charge in [0, 0.05) is 24.6 Å². The van der Waals surface area contributed by atoms with E-state index in [0.29, 0.717) is 18.3 Å². The molecule has 0 bridgehead atoms. The van der Waals surface area contributed by atoms with Gasteiger partial charge >= 0.3 is 0 Å². The number of nitrogens with one attached hydrogen (secondary N) is 2. The molecule has 1 aliphatic carbocycles. The second-order valence-electron chi connectivity index (χ2n) is 7.68. The van der Waals surface area contributed by atoms with E-state index in [1.807, 2.05) is 42.5 Å². The van der Waals surface area contributed by atoms with Crippen LogP contribution >= 0.6 is 0 Å². The molecule has 8 nitrogen and oxygen atoms in total. The molecule has 2 aromatic heterocycles. The van der Waals surface area contributed by atoms with Crippen molar-refractivity contribution in [2.24, 2.45) is 5.92 Å². The molecule has 31 heavy (non-hydrogen) atoms. The van der Waals surface area contributed by atoms with Crippen LogP contribution in [0.1, 0.15) is 37.1 Å². The molecular formula is C23H25N5O3. The van der Waals surface area contributed by atoms with E-state index in [9.17, 15) is 9.59 Å². The summed E-state index contributed by atoms with van der Waals surface area (Å²) < 4.78 is 5.80. The molecule has 0 aliphatic heterocycles. The Morgan fingerprint density at radius 1 is 1.13 bits per heavy atom. The molecule has 2 heterocycles. The van der Waals surface area contributed by atoms with Crippen molar-refractivity contribution in [1.82, 2.24) is 25.5 Å². The van der Waals surface area contributed by atoms with E-state index < -0.39 is 0 Å². The number of aromatic nitrogens is 4. The first kappa shape index (κ1) is 20.7. The number of hydrogen-bond donors (Lipinski definition) is 2. The Morgan fingerprint density at radius 2 is 1.97 bits per heavy atom. The molecule has 1 aliphatic rings. The molecule has 1 fully saturated rings. The summed E-state index contributed by atoms with van der Waals surface area (Å²) in [5.74, 6) is 1.69. The lowest BCUT2D eigenvalue weighted by Gasteiger charge is -2.25.